The lowest BCUT2D eigenvalue weighted by Gasteiger charge is -2.30. The fraction of sp³-hybridized carbons (Fsp3) is 0.467. The minimum absolute atomic E-state index is 0.0929. The number of benzene rings is 1. The van der Waals surface area contributed by atoms with E-state index < -0.39 is 0 Å². The number of carbonyl (C=O) groups is 1. The predicted molar refractivity (Wildman–Crippen MR) is 84.8 cm³/mol. The Morgan fingerprint density at radius 1 is 1.48 bits per heavy atom. The second-order valence-corrected chi connectivity index (χ2v) is 6.67. The number of amides is 1. The molecule has 2 heterocycles. The van der Waals surface area contributed by atoms with Crippen molar-refractivity contribution >= 4 is 17.7 Å². The standard InChI is InChI=1S/C15H18FN5OS/c1-11-4-3-7-20(9-11)14(22)10-23-15-17-18-19-21(15)13-6-2-5-12(16)8-13/h2,5-6,8,11H,3-4,7,9-10H2,1H3/t11-/m0/s1. The van der Waals surface area contributed by atoms with Crippen LogP contribution < -0.4 is 0 Å². The lowest BCUT2D eigenvalue weighted by molar-refractivity contribution is -0.130. The number of hydrogen-bond acceptors (Lipinski definition) is 5. The third-order valence-electron chi connectivity index (χ3n) is 3.83. The summed E-state index contributed by atoms with van der Waals surface area (Å²) >= 11 is 1.27. The number of halogens is 1. The van der Waals surface area contributed by atoms with Gasteiger partial charge in [0.25, 0.3) is 0 Å². The van der Waals surface area contributed by atoms with Gasteiger partial charge in [-0.15, -0.1) is 5.10 Å². The highest BCUT2D eigenvalue weighted by Gasteiger charge is 2.21. The number of nitrogens with zero attached hydrogens (tertiary/aromatic N) is 5. The number of thioether (sulfide) groups is 1. The Balaban J connectivity index is 1.65. The molecule has 0 saturated carbocycles. The summed E-state index contributed by atoms with van der Waals surface area (Å²) in [5.41, 5.74) is 0.538. The highest BCUT2D eigenvalue weighted by Crippen LogP contribution is 2.21. The van der Waals surface area contributed by atoms with E-state index in [0.717, 1.165) is 19.5 Å². The summed E-state index contributed by atoms with van der Waals surface area (Å²) in [5.74, 6) is 0.570. The molecule has 3 rings (SSSR count). The number of piperidine rings is 1. The van der Waals surface area contributed by atoms with Crippen LogP contribution in [-0.2, 0) is 4.79 Å². The Kier molecular flexibility index (Phi) is 4.90. The first-order valence-electron chi connectivity index (χ1n) is 7.58. The van der Waals surface area contributed by atoms with Crippen molar-refractivity contribution in [2.45, 2.75) is 24.9 Å². The molecule has 0 N–H and O–H groups in total. The minimum Gasteiger partial charge on any atom is -0.342 e. The normalized spacial score (nSPS) is 18.2. The van der Waals surface area contributed by atoms with Crippen LogP contribution in [-0.4, -0.2) is 49.9 Å². The molecule has 1 saturated heterocycles. The molecule has 1 aromatic carbocycles. The average Bonchev–Trinajstić information content (AvgIpc) is 3.01. The monoisotopic (exact) mass is 335 g/mol. The highest BCUT2D eigenvalue weighted by atomic mass is 32.2. The highest BCUT2D eigenvalue weighted by molar-refractivity contribution is 7.99. The van der Waals surface area contributed by atoms with Crippen molar-refractivity contribution in [3.63, 3.8) is 0 Å². The summed E-state index contributed by atoms with van der Waals surface area (Å²) in [6, 6.07) is 6.04. The Morgan fingerprint density at radius 3 is 3.13 bits per heavy atom. The molecule has 122 valence electrons. The van der Waals surface area contributed by atoms with Gasteiger partial charge in [-0.05, 0) is 47.4 Å². The van der Waals surface area contributed by atoms with Gasteiger partial charge in [-0.1, -0.05) is 24.8 Å². The van der Waals surface area contributed by atoms with E-state index in [1.807, 2.05) is 4.90 Å². The molecule has 23 heavy (non-hydrogen) atoms. The van der Waals surface area contributed by atoms with Gasteiger partial charge in [0.05, 0.1) is 11.4 Å². The topological polar surface area (TPSA) is 63.9 Å². The van der Waals surface area contributed by atoms with Crippen molar-refractivity contribution in [3.05, 3.63) is 30.1 Å². The SMILES string of the molecule is C[C@H]1CCCN(C(=O)CSc2nnnn2-c2cccc(F)c2)C1. The number of aromatic nitrogens is 4. The Bertz CT molecular complexity index is 692. The van der Waals surface area contributed by atoms with Crippen molar-refractivity contribution in [2.75, 3.05) is 18.8 Å². The van der Waals surface area contributed by atoms with E-state index in [2.05, 4.69) is 22.4 Å². The second-order valence-electron chi connectivity index (χ2n) is 5.73. The minimum atomic E-state index is -0.354. The Morgan fingerprint density at radius 2 is 2.35 bits per heavy atom. The van der Waals surface area contributed by atoms with Crippen molar-refractivity contribution in [1.29, 1.82) is 0 Å². The van der Waals surface area contributed by atoms with Crippen LogP contribution in [0.1, 0.15) is 19.8 Å². The van der Waals surface area contributed by atoms with Gasteiger partial charge in [0.15, 0.2) is 0 Å². The van der Waals surface area contributed by atoms with Crippen molar-refractivity contribution in [1.82, 2.24) is 25.1 Å². The van der Waals surface area contributed by atoms with Crippen LogP contribution in [0.4, 0.5) is 4.39 Å². The molecule has 6 nitrogen and oxygen atoms in total. The first kappa shape index (κ1) is 15.9. The third-order valence-corrected chi connectivity index (χ3v) is 4.73. The third kappa shape index (κ3) is 3.87. The van der Waals surface area contributed by atoms with Gasteiger partial charge in [0.2, 0.25) is 11.1 Å². The van der Waals surface area contributed by atoms with E-state index in [0.29, 0.717) is 16.8 Å². The average molecular weight is 335 g/mol. The van der Waals surface area contributed by atoms with Crippen molar-refractivity contribution in [3.8, 4) is 5.69 Å². The first-order valence-corrected chi connectivity index (χ1v) is 8.57. The zero-order valence-electron chi connectivity index (χ0n) is 12.9. The number of likely N-dealkylation sites (tertiary alicyclic amines) is 1. The van der Waals surface area contributed by atoms with Gasteiger partial charge in [0.1, 0.15) is 5.82 Å². The number of tetrazole rings is 1. The quantitative estimate of drug-likeness (QED) is 0.801. The molecule has 1 fully saturated rings. The summed E-state index contributed by atoms with van der Waals surface area (Å²) in [5, 5.41) is 11.9. The lowest BCUT2D eigenvalue weighted by atomic mass is 10.0. The molecule has 2 aromatic rings. The van der Waals surface area contributed by atoms with Crippen LogP contribution in [0.3, 0.4) is 0 Å². The molecule has 1 aliphatic rings. The zero-order valence-corrected chi connectivity index (χ0v) is 13.7. The summed E-state index contributed by atoms with van der Waals surface area (Å²) in [6.45, 7) is 3.80. The smallest absolute Gasteiger partial charge is 0.233 e. The van der Waals surface area contributed by atoms with Gasteiger partial charge in [-0.25, -0.2) is 4.39 Å². The van der Waals surface area contributed by atoms with Crippen LogP contribution in [0.15, 0.2) is 29.4 Å². The van der Waals surface area contributed by atoms with Crippen LogP contribution in [0, 0.1) is 11.7 Å². The molecule has 1 atom stereocenters. The Hall–Kier alpha value is -1.96. The fourth-order valence-corrected chi connectivity index (χ4v) is 3.47. The van der Waals surface area contributed by atoms with Crippen molar-refractivity contribution < 1.29 is 9.18 Å². The fourth-order valence-electron chi connectivity index (χ4n) is 2.67. The van der Waals surface area contributed by atoms with E-state index in [9.17, 15) is 9.18 Å². The molecular formula is C15H18FN5OS. The maximum Gasteiger partial charge on any atom is 0.233 e. The van der Waals surface area contributed by atoms with Gasteiger partial charge in [-0.2, -0.15) is 4.68 Å². The molecule has 1 amide bonds. The molecule has 0 aliphatic carbocycles. The van der Waals surface area contributed by atoms with Crippen LogP contribution in [0.2, 0.25) is 0 Å². The van der Waals surface area contributed by atoms with E-state index in [-0.39, 0.29) is 17.5 Å². The predicted octanol–water partition coefficient (Wildman–Crippen LogP) is 2.15. The molecular weight excluding hydrogens is 317 g/mol. The van der Waals surface area contributed by atoms with Crippen LogP contribution >= 0.6 is 11.8 Å². The maximum absolute atomic E-state index is 13.3. The molecule has 0 unspecified atom stereocenters. The van der Waals surface area contributed by atoms with Crippen LogP contribution in [0.5, 0.6) is 0 Å². The molecule has 1 aromatic heterocycles. The summed E-state index contributed by atoms with van der Waals surface area (Å²) in [6.07, 6.45) is 2.23. The molecule has 0 radical (unpaired) electrons. The molecule has 0 spiro atoms. The number of rotatable bonds is 4. The summed E-state index contributed by atoms with van der Waals surface area (Å²) < 4.78 is 14.8. The summed E-state index contributed by atoms with van der Waals surface area (Å²) in [7, 11) is 0. The van der Waals surface area contributed by atoms with E-state index >= 15 is 0 Å². The lowest BCUT2D eigenvalue weighted by Crippen LogP contribution is -2.40. The van der Waals surface area contributed by atoms with Gasteiger partial charge in [0, 0.05) is 13.1 Å². The molecule has 8 heteroatoms. The van der Waals surface area contributed by atoms with Crippen molar-refractivity contribution in [2.24, 2.45) is 5.92 Å². The largest absolute Gasteiger partial charge is 0.342 e. The Labute approximate surface area is 138 Å². The van der Waals surface area contributed by atoms with E-state index in [4.69, 9.17) is 0 Å². The van der Waals surface area contributed by atoms with E-state index in [1.165, 1.54) is 35.0 Å². The van der Waals surface area contributed by atoms with E-state index in [1.54, 1.807) is 12.1 Å². The second kappa shape index (κ2) is 7.08. The summed E-state index contributed by atoms with van der Waals surface area (Å²) in [4.78, 5) is 14.2. The number of carbonyl (C=O) groups excluding carboxylic acids is 1. The van der Waals surface area contributed by atoms with Gasteiger partial charge in [-0.3, -0.25) is 4.79 Å². The molecule has 1 aliphatic heterocycles. The molecule has 0 bridgehead atoms. The zero-order chi connectivity index (χ0) is 16.2. The van der Waals surface area contributed by atoms with Gasteiger partial charge < -0.3 is 4.90 Å². The first-order chi connectivity index (χ1) is 11.1. The van der Waals surface area contributed by atoms with Crippen LogP contribution in [0.25, 0.3) is 5.69 Å². The number of hydrogen-bond donors (Lipinski definition) is 0. The van der Waals surface area contributed by atoms with Gasteiger partial charge >= 0.3 is 0 Å². The maximum atomic E-state index is 13.3.